The van der Waals surface area contributed by atoms with Gasteiger partial charge in [0, 0.05) is 24.0 Å². The van der Waals surface area contributed by atoms with E-state index in [1.54, 1.807) is 31.9 Å². The summed E-state index contributed by atoms with van der Waals surface area (Å²) in [6.45, 7) is 0.322. The number of fused-ring (bicyclic) bond motifs is 1. The van der Waals surface area contributed by atoms with E-state index in [0.29, 0.717) is 18.2 Å². The molecule has 0 saturated carbocycles. The zero-order valence-electron chi connectivity index (χ0n) is 13.5. The maximum Gasteiger partial charge on any atom is 0.231 e. The minimum Gasteiger partial charge on any atom is -0.487 e. The number of aromatic nitrogens is 5. The topological polar surface area (TPSA) is 85.8 Å². The summed E-state index contributed by atoms with van der Waals surface area (Å²) in [7, 11) is 1.55. The average molecular weight is 333 g/mol. The molecule has 1 N–H and O–H groups in total. The Kier molecular flexibility index (Phi) is 3.96. The highest BCUT2D eigenvalue weighted by molar-refractivity contribution is 5.80. The minimum atomic E-state index is 0.322. The standard InChI is InChI=1S/C18H15N5O2/c1-24-17-10-20-13(9-21-17)11-25-14-4-5-15-16(7-14)23-18(22-15)12-3-2-6-19-8-12/h2-10H,11H2,1H3,(H,22,23). The number of hydrogen-bond donors (Lipinski definition) is 1. The van der Waals surface area contributed by atoms with Crippen molar-refractivity contribution >= 4 is 11.0 Å². The van der Waals surface area contributed by atoms with E-state index in [1.807, 2.05) is 30.3 Å². The SMILES string of the molecule is COc1cnc(COc2ccc3[nH]c(-c4cccnc4)nc3c2)cn1. The molecule has 0 aliphatic carbocycles. The molecule has 3 heterocycles. The Bertz CT molecular complexity index is 983. The molecule has 7 heteroatoms. The molecule has 3 aromatic heterocycles. The van der Waals surface area contributed by atoms with E-state index in [0.717, 1.165) is 28.1 Å². The van der Waals surface area contributed by atoms with Crippen LogP contribution in [0.1, 0.15) is 5.69 Å². The van der Waals surface area contributed by atoms with Crippen LogP contribution < -0.4 is 9.47 Å². The van der Waals surface area contributed by atoms with E-state index in [-0.39, 0.29) is 0 Å². The summed E-state index contributed by atoms with van der Waals surface area (Å²) in [6.07, 6.45) is 6.71. The third-order valence-corrected chi connectivity index (χ3v) is 3.67. The van der Waals surface area contributed by atoms with E-state index in [1.165, 1.54) is 0 Å². The van der Waals surface area contributed by atoms with Gasteiger partial charge in [-0.25, -0.2) is 9.97 Å². The van der Waals surface area contributed by atoms with E-state index in [2.05, 4.69) is 24.9 Å². The lowest BCUT2D eigenvalue weighted by atomic mass is 10.3. The third kappa shape index (κ3) is 3.25. The molecule has 1 aromatic carbocycles. The van der Waals surface area contributed by atoms with Crippen LogP contribution in [0.2, 0.25) is 0 Å². The van der Waals surface area contributed by atoms with Crippen LogP contribution in [0.3, 0.4) is 0 Å². The van der Waals surface area contributed by atoms with Crippen LogP contribution in [0.15, 0.2) is 55.1 Å². The second-order valence-corrected chi connectivity index (χ2v) is 5.34. The first-order chi connectivity index (χ1) is 12.3. The lowest BCUT2D eigenvalue weighted by Gasteiger charge is -2.05. The number of H-pyrrole nitrogens is 1. The number of methoxy groups -OCH3 is 1. The molecule has 4 rings (SSSR count). The van der Waals surface area contributed by atoms with Crippen molar-refractivity contribution in [3.05, 3.63) is 60.8 Å². The fourth-order valence-electron chi connectivity index (χ4n) is 2.40. The molecule has 0 fully saturated rings. The van der Waals surface area contributed by atoms with Crippen molar-refractivity contribution < 1.29 is 9.47 Å². The Balaban J connectivity index is 1.52. The van der Waals surface area contributed by atoms with Gasteiger partial charge in [-0.15, -0.1) is 0 Å². The highest BCUT2D eigenvalue weighted by Gasteiger charge is 2.07. The fourth-order valence-corrected chi connectivity index (χ4v) is 2.40. The molecule has 4 aromatic rings. The molecule has 124 valence electrons. The van der Waals surface area contributed by atoms with E-state index in [4.69, 9.17) is 9.47 Å². The predicted octanol–water partition coefficient (Wildman–Crippen LogP) is 3.00. The molecule has 25 heavy (non-hydrogen) atoms. The quantitative estimate of drug-likeness (QED) is 0.604. The van der Waals surface area contributed by atoms with Crippen molar-refractivity contribution in [1.82, 2.24) is 24.9 Å². The van der Waals surface area contributed by atoms with Crippen LogP contribution in [-0.2, 0) is 6.61 Å². The van der Waals surface area contributed by atoms with Gasteiger partial charge < -0.3 is 14.5 Å². The summed E-state index contributed by atoms with van der Waals surface area (Å²) in [4.78, 5) is 20.3. The highest BCUT2D eigenvalue weighted by atomic mass is 16.5. The lowest BCUT2D eigenvalue weighted by molar-refractivity contribution is 0.300. The van der Waals surface area contributed by atoms with E-state index >= 15 is 0 Å². The Morgan fingerprint density at radius 1 is 1.08 bits per heavy atom. The number of hydrogen-bond acceptors (Lipinski definition) is 6. The number of aromatic amines is 1. The zero-order chi connectivity index (χ0) is 17.1. The molecule has 7 nitrogen and oxygen atoms in total. The van der Waals surface area contributed by atoms with Crippen LogP contribution in [-0.4, -0.2) is 32.0 Å². The van der Waals surface area contributed by atoms with Crippen LogP contribution >= 0.6 is 0 Å². The Morgan fingerprint density at radius 3 is 2.80 bits per heavy atom. The summed E-state index contributed by atoms with van der Waals surface area (Å²) in [5.74, 6) is 1.97. The van der Waals surface area contributed by atoms with Crippen molar-refractivity contribution in [2.45, 2.75) is 6.61 Å². The van der Waals surface area contributed by atoms with Gasteiger partial charge in [-0.1, -0.05) is 0 Å². The molecule has 0 saturated heterocycles. The number of ether oxygens (including phenoxy) is 2. The summed E-state index contributed by atoms with van der Waals surface area (Å²) in [5, 5.41) is 0. The van der Waals surface area contributed by atoms with Gasteiger partial charge in [0.1, 0.15) is 18.2 Å². The Hall–Kier alpha value is -3.48. The molecule has 0 unspecified atom stereocenters. The molecule has 0 bridgehead atoms. The molecule has 0 amide bonds. The van der Waals surface area contributed by atoms with Gasteiger partial charge in [0.25, 0.3) is 0 Å². The normalized spacial score (nSPS) is 10.8. The van der Waals surface area contributed by atoms with E-state index in [9.17, 15) is 0 Å². The van der Waals surface area contributed by atoms with Crippen molar-refractivity contribution in [3.8, 4) is 23.0 Å². The average Bonchev–Trinajstić information content (AvgIpc) is 3.11. The van der Waals surface area contributed by atoms with E-state index < -0.39 is 0 Å². The second-order valence-electron chi connectivity index (χ2n) is 5.34. The minimum absolute atomic E-state index is 0.322. The van der Waals surface area contributed by atoms with Crippen molar-refractivity contribution in [3.63, 3.8) is 0 Å². The predicted molar refractivity (Wildman–Crippen MR) is 92.2 cm³/mol. The molecular weight excluding hydrogens is 318 g/mol. The number of nitrogens with one attached hydrogen (secondary N) is 1. The molecular formula is C18H15N5O2. The maximum absolute atomic E-state index is 5.78. The van der Waals surface area contributed by atoms with Gasteiger partial charge in [0.05, 0.1) is 36.2 Å². The number of imidazole rings is 1. The maximum atomic E-state index is 5.78. The molecule has 0 spiro atoms. The molecule has 0 aliphatic rings. The fraction of sp³-hybridized carbons (Fsp3) is 0.111. The zero-order valence-corrected chi connectivity index (χ0v) is 13.5. The molecule has 0 radical (unpaired) electrons. The van der Waals surface area contributed by atoms with Crippen LogP contribution in [0, 0.1) is 0 Å². The van der Waals surface area contributed by atoms with Gasteiger partial charge in [0.2, 0.25) is 5.88 Å². The molecule has 0 aliphatic heterocycles. The first-order valence-corrected chi connectivity index (χ1v) is 7.70. The summed E-state index contributed by atoms with van der Waals surface area (Å²) >= 11 is 0. The van der Waals surface area contributed by atoms with Gasteiger partial charge in [-0.3, -0.25) is 9.97 Å². The van der Waals surface area contributed by atoms with Crippen molar-refractivity contribution in [2.24, 2.45) is 0 Å². The smallest absolute Gasteiger partial charge is 0.231 e. The first kappa shape index (κ1) is 15.1. The van der Waals surface area contributed by atoms with Crippen LogP contribution in [0.4, 0.5) is 0 Å². The largest absolute Gasteiger partial charge is 0.487 e. The Labute approximate surface area is 143 Å². The van der Waals surface area contributed by atoms with Crippen molar-refractivity contribution in [1.29, 1.82) is 0 Å². The van der Waals surface area contributed by atoms with Crippen molar-refractivity contribution in [2.75, 3.05) is 7.11 Å². The second kappa shape index (κ2) is 6.56. The van der Waals surface area contributed by atoms with Gasteiger partial charge in [-0.2, -0.15) is 0 Å². The summed E-state index contributed by atoms with van der Waals surface area (Å²) in [6, 6.07) is 9.57. The summed E-state index contributed by atoms with van der Waals surface area (Å²) in [5.41, 5.74) is 3.43. The Morgan fingerprint density at radius 2 is 2.04 bits per heavy atom. The van der Waals surface area contributed by atoms with Crippen LogP contribution in [0.25, 0.3) is 22.4 Å². The van der Waals surface area contributed by atoms with Gasteiger partial charge in [0.15, 0.2) is 0 Å². The van der Waals surface area contributed by atoms with Gasteiger partial charge in [-0.05, 0) is 24.3 Å². The number of pyridine rings is 1. The van der Waals surface area contributed by atoms with Gasteiger partial charge >= 0.3 is 0 Å². The first-order valence-electron chi connectivity index (χ1n) is 7.70. The lowest BCUT2D eigenvalue weighted by Crippen LogP contribution is -1.99. The number of nitrogens with zero attached hydrogens (tertiary/aromatic N) is 4. The summed E-state index contributed by atoms with van der Waals surface area (Å²) < 4.78 is 10.8. The van der Waals surface area contributed by atoms with Crippen LogP contribution in [0.5, 0.6) is 11.6 Å². The highest BCUT2D eigenvalue weighted by Crippen LogP contribution is 2.23. The monoisotopic (exact) mass is 333 g/mol. The number of benzene rings is 1. The number of rotatable bonds is 5. The molecule has 0 atom stereocenters. The third-order valence-electron chi connectivity index (χ3n) is 3.67.